The van der Waals surface area contributed by atoms with Gasteiger partial charge in [-0.05, 0) is 6.92 Å². The van der Waals surface area contributed by atoms with Gasteiger partial charge in [-0.3, -0.25) is 9.59 Å². The molecule has 1 aromatic rings. The molecule has 1 aromatic heterocycles. The van der Waals surface area contributed by atoms with Crippen molar-refractivity contribution in [1.29, 1.82) is 0 Å². The molecule has 0 aliphatic heterocycles. The summed E-state index contributed by atoms with van der Waals surface area (Å²) >= 11 is 1.22. The van der Waals surface area contributed by atoms with Gasteiger partial charge in [-0.25, -0.2) is 4.98 Å². The zero-order valence-electron chi connectivity index (χ0n) is 12.2. The van der Waals surface area contributed by atoms with Crippen LogP contribution < -0.4 is 16.4 Å². The third kappa shape index (κ3) is 3.83. The van der Waals surface area contributed by atoms with Crippen molar-refractivity contribution in [3.05, 3.63) is 4.88 Å². The van der Waals surface area contributed by atoms with Crippen molar-refractivity contribution in [2.45, 2.75) is 13.8 Å². The molecule has 1 heterocycles. The lowest BCUT2D eigenvalue weighted by atomic mass is 10.1. The van der Waals surface area contributed by atoms with Crippen LogP contribution in [0.3, 0.4) is 0 Å². The molecule has 7 nitrogen and oxygen atoms in total. The molecule has 0 spiro atoms. The SMILES string of the molecule is CCNc1nc(N)c(C(=O)N(C)CC(C)C(=O)NC)s1. The minimum atomic E-state index is -0.281. The van der Waals surface area contributed by atoms with Gasteiger partial charge in [0.1, 0.15) is 10.7 Å². The third-order valence-electron chi connectivity index (χ3n) is 2.76. The van der Waals surface area contributed by atoms with Crippen LogP contribution in [-0.2, 0) is 4.79 Å². The molecular weight excluding hydrogens is 278 g/mol. The summed E-state index contributed by atoms with van der Waals surface area (Å²) in [7, 11) is 3.22. The Hall–Kier alpha value is -1.83. The van der Waals surface area contributed by atoms with Crippen LogP contribution in [0.15, 0.2) is 0 Å². The van der Waals surface area contributed by atoms with Crippen LogP contribution in [0.2, 0.25) is 0 Å². The second-order valence-corrected chi connectivity index (χ2v) is 5.46. The molecule has 0 saturated carbocycles. The number of aromatic nitrogens is 1. The highest BCUT2D eigenvalue weighted by molar-refractivity contribution is 7.18. The summed E-state index contributed by atoms with van der Waals surface area (Å²) in [4.78, 5) is 29.7. The average Bonchev–Trinajstić information content (AvgIpc) is 2.78. The van der Waals surface area contributed by atoms with Gasteiger partial charge in [0, 0.05) is 27.2 Å². The van der Waals surface area contributed by atoms with Gasteiger partial charge in [-0.2, -0.15) is 0 Å². The van der Waals surface area contributed by atoms with Crippen LogP contribution in [0.4, 0.5) is 10.9 Å². The lowest BCUT2D eigenvalue weighted by Crippen LogP contribution is -2.37. The van der Waals surface area contributed by atoms with E-state index in [-0.39, 0.29) is 23.6 Å². The molecule has 0 saturated heterocycles. The Labute approximate surface area is 122 Å². The summed E-state index contributed by atoms with van der Waals surface area (Å²) in [6, 6.07) is 0. The number of nitrogens with one attached hydrogen (secondary N) is 2. The molecule has 0 aromatic carbocycles. The Bertz CT molecular complexity index is 488. The molecule has 0 fully saturated rings. The Morgan fingerprint density at radius 3 is 2.70 bits per heavy atom. The van der Waals surface area contributed by atoms with Crippen molar-refractivity contribution in [3.8, 4) is 0 Å². The van der Waals surface area contributed by atoms with E-state index in [0.29, 0.717) is 23.1 Å². The van der Waals surface area contributed by atoms with E-state index in [0.717, 1.165) is 0 Å². The number of anilines is 2. The fourth-order valence-electron chi connectivity index (χ4n) is 1.71. The minimum Gasteiger partial charge on any atom is -0.382 e. The summed E-state index contributed by atoms with van der Waals surface area (Å²) in [6.45, 7) is 4.75. The number of amides is 2. The molecule has 1 unspecified atom stereocenters. The summed E-state index contributed by atoms with van der Waals surface area (Å²) in [5.41, 5.74) is 5.76. The number of rotatable bonds is 6. The van der Waals surface area contributed by atoms with E-state index in [2.05, 4.69) is 15.6 Å². The van der Waals surface area contributed by atoms with Crippen molar-refractivity contribution in [2.24, 2.45) is 5.92 Å². The maximum atomic E-state index is 12.3. The minimum absolute atomic E-state index is 0.102. The number of carbonyl (C=O) groups excluding carboxylic acids is 2. The molecule has 4 N–H and O–H groups in total. The van der Waals surface area contributed by atoms with Crippen LogP contribution >= 0.6 is 11.3 Å². The van der Waals surface area contributed by atoms with Gasteiger partial charge in [0.2, 0.25) is 5.91 Å². The fraction of sp³-hybridized carbons (Fsp3) is 0.583. The van der Waals surface area contributed by atoms with Gasteiger partial charge in [-0.1, -0.05) is 18.3 Å². The fourth-order valence-corrected chi connectivity index (χ4v) is 2.66. The van der Waals surface area contributed by atoms with E-state index in [1.54, 1.807) is 21.0 Å². The molecule has 8 heteroatoms. The van der Waals surface area contributed by atoms with Crippen molar-refractivity contribution >= 4 is 34.1 Å². The van der Waals surface area contributed by atoms with E-state index in [1.807, 2.05) is 6.92 Å². The van der Waals surface area contributed by atoms with Crippen molar-refractivity contribution in [2.75, 3.05) is 38.2 Å². The van der Waals surface area contributed by atoms with Crippen LogP contribution in [0.1, 0.15) is 23.5 Å². The first-order valence-corrected chi connectivity index (χ1v) is 7.19. The van der Waals surface area contributed by atoms with Crippen LogP contribution in [-0.4, -0.2) is 48.9 Å². The topological polar surface area (TPSA) is 100 Å². The normalized spacial score (nSPS) is 11.8. The lowest BCUT2D eigenvalue weighted by Gasteiger charge is -2.20. The van der Waals surface area contributed by atoms with E-state index in [4.69, 9.17) is 5.73 Å². The molecule has 2 amide bonds. The number of thiazole rings is 1. The molecule has 20 heavy (non-hydrogen) atoms. The smallest absolute Gasteiger partial charge is 0.267 e. The first kappa shape index (κ1) is 16.2. The second kappa shape index (κ2) is 7.09. The van der Waals surface area contributed by atoms with E-state index >= 15 is 0 Å². The summed E-state index contributed by atoms with van der Waals surface area (Å²) in [5, 5.41) is 6.21. The highest BCUT2D eigenvalue weighted by Gasteiger charge is 2.22. The largest absolute Gasteiger partial charge is 0.382 e. The zero-order chi connectivity index (χ0) is 15.3. The number of carbonyl (C=O) groups is 2. The second-order valence-electron chi connectivity index (χ2n) is 4.46. The Morgan fingerprint density at radius 2 is 2.15 bits per heavy atom. The van der Waals surface area contributed by atoms with E-state index < -0.39 is 0 Å². The molecule has 0 aliphatic carbocycles. The lowest BCUT2D eigenvalue weighted by molar-refractivity contribution is -0.124. The number of nitrogens with two attached hydrogens (primary N) is 1. The molecule has 0 aliphatic rings. The zero-order valence-corrected chi connectivity index (χ0v) is 13.0. The average molecular weight is 299 g/mol. The van der Waals surface area contributed by atoms with Gasteiger partial charge in [0.25, 0.3) is 5.91 Å². The number of hydrogen-bond donors (Lipinski definition) is 3. The Morgan fingerprint density at radius 1 is 1.50 bits per heavy atom. The van der Waals surface area contributed by atoms with Crippen LogP contribution in [0.25, 0.3) is 0 Å². The first-order chi connectivity index (χ1) is 9.40. The molecule has 0 bridgehead atoms. The molecule has 112 valence electrons. The highest BCUT2D eigenvalue weighted by Crippen LogP contribution is 2.26. The summed E-state index contributed by atoms with van der Waals surface area (Å²) < 4.78 is 0. The van der Waals surface area contributed by atoms with Crippen LogP contribution in [0.5, 0.6) is 0 Å². The first-order valence-electron chi connectivity index (χ1n) is 6.37. The van der Waals surface area contributed by atoms with Gasteiger partial charge in [0.05, 0.1) is 5.92 Å². The van der Waals surface area contributed by atoms with Crippen molar-refractivity contribution in [3.63, 3.8) is 0 Å². The Balaban J connectivity index is 2.76. The van der Waals surface area contributed by atoms with Gasteiger partial charge >= 0.3 is 0 Å². The van der Waals surface area contributed by atoms with Gasteiger partial charge in [0.15, 0.2) is 5.13 Å². The van der Waals surface area contributed by atoms with E-state index in [9.17, 15) is 9.59 Å². The van der Waals surface area contributed by atoms with Gasteiger partial charge in [-0.15, -0.1) is 0 Å². The standard InChI is InChI=1S/C12H21N5O2S/c1-5-15-12-16-9(13)8(20-12)11(19)17(4)6-7(2)10(18)14-3/h7H,5-6,13H2,1-4H3,(H,14,18)(H,15,16). The monoisotopic (exact) mass is 299 g/mol. The van der Waals surface area contributed by atoms with Gasteiger partial charge < -0.3 is 21.3 Å². The molecular formula is C12H21N5O2S. The third-order valence-corrected chi connectivity index (χ3v) is 3.78. The van der Waals surface area contributed by atoms with E-state index in [1.165, 1.54) is 16.2 Å². The molecule has 1 rings (SSSR count). The quantitative estimate of drug-likeness (QED) is 0.714. The Kier molecular flexibility index (Phi) is 5.75. The summed E-state index contributed by atoms with van der Waals surface area (Å²) in [6.07, 6.45) is 0. The maximum absolute atomic E-state index is 12.3. The maximum Gasteiger partial charge on any atom is 0.267 e. The van der Waals surface area contributed by atoms with Crippen molar-refractivity contribution < 1.29 is 9.59 Å². The van der Waals surface area contributed by atoms with Crippen LogP contribution in [0, 0.1) is 5.92 Å². The summed E-state index contributed by atoms with van der Waals surface area (Å²) in [5.74, 6) is -0.387. The highest BCUT2D eigenvalue weighted by atomic mass is 32.1. The number of hydrogen-bond acceptors (Lipinski definition) is 6. The number of nitrogen functional groups attached to an aromatic ring is 1. The molecule has 0 radical (unpaired) electrons. The number of nitrogens with zero attached hydrogens (tertiary/aromatic N) is 2. The molecule has 1 atom stereocenters. The predicted molar refractivity (Wildman–Crippen MR) is 80.9 cm³/mol. The predicted octanol–water partition coefficient (Wildman–Crippen LogP) is 0.611. The van der Waals surface area contributed by atoms with Crippen molar-refractivity contribution in [1.82, 2.24) is 15.2 Å².